The molecule has 0 aliphatic rings. The fourth-order valence-electron chi connectivity index (χ4n) is 1.68. The monoisotopic (exact) mass is 294 g/mol. The number of hydrogen-bond acceptors (Lipinski definition) is 4. The van der Waals surface area contributed by atoms with Crippen LogP contribution in [0.15, 0.2) is 30.5 Å². The molecule has 0 saturated heterocycles. The average molecular weight is 295 g/mol. The van der Waals surface area contributed by atoms with Crippen molar-refractivity contribution in [2.75, 3.05) is 13.7 Å². The number of methoxy groups -OCH3 is 1. The van der Waals surface area contributed by atoms with Gasteiger partial charge in [-0.2, -0.15) is 0 Å². The highest BCUT2D eigenvalue weighted by Gasteiger charge is 2.13. The van der Waals surface area contributed by atoms with Gasteiger partial charge in [-0.05, 0) is 31.2 Å². The highest BCUT2D eigenvalue weighted by atomic mass is 35.5. The molecule has 0 bridgehead atoms. The topological polar surface area (TPSA) is 69.0 Å². The highest BCUT2D eigenvalue weighted by molar-refractivity contribution is 6.30. The van der Waals surface area contributed by atoms with Gasteiger partial charge in [0.25, 0.3) is 5.91 Å². The lowest BCUT2D eigenvalue weighted by Crippen LogP contribution is -2.35. The highest BCUT2D eigenvalue weighted by Crippen LogP contribution is 2.12. The molecule has 1 aromatic carbocycles. The van der Waals surface area contributed by atoms with Crippen molar-refractivity contribution in [3.63, 3.8) is 0 Å². The SMILES string of the molecule is COCC(C)NC(=O)c1cn(-c2ccc(Cl)cc2)nn1. The van der Waals surface area contributed by atoms with Gasteiger partial charge in [-0.15, -0.1) is 5.10 Å². The summed E-state index contributed by atoms with van der Waals surface area (Å²) in [5.41, 5.74) is 1.04. The Kier molecular flexibility index (Phi) is 4.70. The summed E-state index contributed by atoms with van der Waals surface area (Å²) in [7, 11) is 1.58. The van der Waals surface area contributed by atoms with Crippen molar-refractivity contribution in [3.8, 4) is 5.69 Å². The molecule has 7 heteroatoms. The molecule has 0 fully saturated rings. The van der Waals surface area contributed by atoms with Crippen LogP contribution in [0.4, 0.5) is 0 Å². The summed E-state index contributed by atoms with van der Waals surface area (Å²) in [6.07, 6.45) is 1.57. The van der Waals surface area contributed by atoms with Crippen LogP contribution in [-0.4, -0.2) is 40.7 Å². The molecule has 0 aliphatic heterocycles. The van der Waals surface area contributed by atoms with Crippen molar-refractivity contribution in [1.29, 1.82) is 0 Å². The Bertz CT molecular complexity index is 582. The second-order valence-electron chi connectivity index (χ2n) is 4.35. The Hall–Kier alpha value is -1.92. The van der Waals surface area contributed by atoms with Gasteiger partial charge >= 0.3 is 0 Å². The van der Waals surface area contributed by atoms with Gasteiger partial charge in [0.05, 0.1) is 18.5 Å². The molecule has 1 heterocycles. The Balaban J connectivity index is 2.08. The van der Waals surface area contributed by atoms with Crippen LogP contribution in [0, 0.1) is 0 Å². The number of nitrogens with zero attached hydrogens (tertiary/aromatic N) is 3. The van der Waals surface area contributed by atoms with Gasteiger partial charge in [-0.1, -0.05) is 16.8 Å². The van der Waals surface area contributed by atoms with E-state index in [0.29, 0.717) is 11.6 Å². The number of rotatable bonds is 5. The number of nitrogens with one attached hydrogen (secondary N) is 1. The van der Waals surface area contributed by atoms with Gasteiger partial charge in [-0.3, -0.25) is 4.79 Å². The van der Waals surface area contributed by atoms with Gasteiger partial charge in [0.1, 0.15) is 0 Å². The summed E-state index contributed by atoms with van der Waals surface area (Å²) in [5.74, 6) is -0.283. The van der Waals surface area contributed by atoms with Gasteiger partial charge in [0, 0.05) is 18.2 Å². The maximum atomic E-state index is 11.9. The Labute approximate surface area is 121 Å². The number of hydrogen-bond donors (Lipinski definition) is 1. The van der Waals surface area contributed by atoms with Crippen LogP contribution in [0.1, 0.15) is 17.4 Å². The first kappa shape index (κ1) is 14.5. The first-order chi connectivity index (χ1) is 9.60. The number of ether oxygens (including phenoxy) is 1. The van der Waals surface area contributed by atoms with Crippen molar-refractivity contribution in [1.82, 2.24) is 20.3 Å². The minimum Gasteiger partial charge on any atom is -0.383 e. The molecule has 1 atom stereocenters. The van der Waals surface area contributed by atoms with Crippen molar-refractivity contribution >= 4 is 17.5 Å². The van der Waals surface area contributed by atoms with Gasteiger partial charge < -0.3 is 10.1 Å². The first-order valence-electron chi connectivity index (χ1n) is 6.08. The smallest absolute Gasteiger partial charge is 0.273 e. The van der Waals surface area contributed by atoms with Gasteiger partial charge in [0.15, 0.2) is 5.69 Å². The average Bonchev–Trinajstić information content (AvgIpc) is 2.89. The van der Waals surface area contributed by atoms with E-state index in [1.807, 2.05) is 6.92 Å². The largest absolute Gasteiger partial charge is 0.383 e. The number of aromatic nitrogens is 3. The summed E-state index contributed by atoms with van der Waals surface area (Å²) < 4.78 is 6.48. The lowest BCUT2D eigenvalue weighted by molar-refractivity contribution is 0.0900. The van der Waals surface area contributed by atoms with Gasteiger partial charge in [-0.25, -0.2) is 4.68 Å². The van der Waals surface area contributed by atoms with E-state index in [0.717, 1.165) is 5.69 Å². The van der Waals surface area contributed by atoms with E-state index >= 15 is 0 Å². The Morgan fingerprint density at radius 1 is 1.45 bits per heavy atom. The summed E-state index contributed by atoms with van der Waals surface area (Å²) in [6.45, 7) is 2.29. The number of carbonyl (C=O) groups is 1. The lowest BCUT2D eigenvalue weighted by Gasteiger charge is -2.10. The normalized spacial score (nSPS) is 12.2. The third-order valence-electron chi connectivity index (χ3n) is 2.61. The lowest BCUT2D eigenvalue weighted by atomic mass is 10.3. The number of benzene rings is 1. The Morgan fingerprint density at radius 3 is 2.80 bits per heavy atom. The van der Waals surface area contributed by atoms with E-state index in [2.05, 4.69) is 15.6 Å². The zero-order valence-corrected chi connectivity index (χ0v) is 12.0. The molecule has 1 amide bonds. The molecule has 0 radical (unpaired) electrons. The van der Waals surface area contributed by atoms with Crippen LogP contribution in [0.5, 0.6) is 0 Å². The van der Waals surface area contributed by atoms with E-state index in [1.54, 1.807) is 37.6 Å². The van der Waals surface area contributed by atoms with Crippen LogP contribution < -0.4 is 5.32 Å². The van der Waals surface area contributed by atoms with Crippen molar-refractivity contribution in [2.24, 2.45) is 0 Å². The minimum absolute atomic E-state index is 0.0896. The molecule has 1 N–H and O–H groups in total. The summed E-state index contributed by atoms with van der Waals surface area (Å²) >= 11 is 5.82. The van der Waals surface area contributed by atoms with Crippen LogP contribution in [0.3, 0.4) is 0 Å². The maximum absolute atomic E-state index is 11.9. The van der Waals surface area contributed by atoms with E-state index in [1.165, 1.54) is 4.68 Å². The predicted molar refractivity (Wildman–Crippen MR) is 75.2 cm³/mol. The molecule has 0 saturated carbocycles. The number of amides is 1. The van der Waals surface area contributed by atoms with E-state index in [-0.39, 0.29) is 17.6 Å². The molecule has 20 heavy (non-hydrogen) atoms. The molecule has 0 spiro atoms. The molecule has 2 rings (SSSR count). The first-order valence-corrected chi connectivity index (χ1v) is 6.46. The van der Waals surface area contributed by atoms with Crippen LogP contribution in [-0.2, 0) is 4.74 Å². The number of carbonyl (C=O) groups excluding carboxylic acids is 1. The molecule has 0 aliphatic carbocycles. The third kappa shape index (κ3) is 3.55. The second kappa shape index (κ2) is 6.49. The van der Waals surface area contributed by atoms with Crippen molar-refractivity contribution in [2.45, 2.75) is 13.0 Å². The van der Waals surface area contributed by atoms with E-state index in [4.69, 9.17) is 16.3 Å². The fourth-order valence-corrected chi connectivity index (χ4v) is 1.80. The zero-order valence-electron chi connectivity index (χ0n) is 11.2. The van der Waals surface area contributed by atoms with Crippen molar-refractivity contribution < 1.29 is 9.53 Å². The summed E-state index contributed by atoms with van der Waals surface area (Å²) in [6, 6.07) is 7.00. The third-order valence-corrected chi connectivity index (χ3v) is 2.86. The molecular formula is C13H15ClN4O2. The van der Waals surface area contributed by atoms with Crippen LogP contribution in [0.25, 0.3) is 5.69 Å². The fraction of sp³-hybridized carbons (Fsp3) is 0.308. The molecule has 2 aromatic rings. The standard InChI is InChI=1S/C13H15ClN4O2/c1-9(8-20-2)15-13(19)12-7-18(17-16-12)11-5-3-10(14)4-6-11/h3-7,9H,8H2,1-2H3,(H,15,19). The Morgan fingerprint density at radius 2 is 2.15 bits per heavy atom. The van der Waals surface area contributed by atoms with E-state index in [9.17, 15) is 4.79 Å². The van der Waals surface area contributed by atoms with Crippen LogP contribution in [0.2, 0.25) is 5.02 Å². The summed E-state index contributed by atoms with van der Waals surface area (Å²) in [4.78, 5) is 11.9. The maximum Gasteiger partial charge on any atom is 0.273 e. The van der Waals surface area contributed by atoms with Crippen LogP contribution >= 0.6 is 11.6 Å². The molecule has 106 valence electrons. The van der Waals surface area contributed by atoms with Crippen molar-refractivity contribution in [3.05, 3.63) is 41.2 Å². The zero-order chi connectivity index (χ0) is 14.5. The molecule has 1 aromatic heterocycles. The molecular weight excluding hydrogens is 280 g/mol. The van der Waals surface area contributed by atoms with Gasteiger partial charge in [0.2, 0.25) is 0 Å². The van der Waals surface area contributed by atoms with E-state index < -0.39 is 0 Å². The second-order valence-corrected chi connectivity index (χ2v) is 4.79. The molecule has 1 unspecified atom stereocenters. The molecule has 6 nitrogen and oxygen atoms in total. The quantitative estimate of drug-likeness (QED) is 0.911. The minimum atomic E-state index is -0.283. The predicted octanol–water partition coefficient (Wildman–Crippen LogP) is 1.69. The number of halogens is 1. The summed E-state index contributed by atoms with van der Waals surface area (Å²) in [5, 5.41) is 11.2.